The second kappa shape index (κ2) is 12.6. The van der Waals surface area contributed by atoms with Gasteiger partial charge >= 0.3 is 12.2 Å². The Balaban J connectivity index is 1.58. The van der Waals surface area contributed by atoms with Crippen molar-refractivity contribution in [2.24, 2.45) is 0 Å². The lowest BCUT2D eigenvalue weighted by molar-refractivity contribution is -0.141. The van der Waals surface area contributed by atoms with Gasteiger partial charge in [-0.05, 0) is 72.4 Å². The standard InChI is InChI=1S/C24H19Cl2N3O4S/c25-17-7-11-19(12-8-17)32-23(33-20-13-9-18(26)10-14-20)22(31)28-29-24(34)27-21(30)15-6-16-4-2-1-3-5-16/h1-15,23H,(H,28,31)(H2,27,29,30,34). The fraction of sp³-hybridized carbons (Fsp3) is 0.0417. The molecule has 0 heterocycles. The van der Waals surface area contributed by atoms with Crippen LogP contribution in [0.5, 0.6) is 11.5 Å². The van der Waals surface area contributed by atoms with Gasteiger partial charge in [0.2, 0.25) is 5.91 Å². The van der Waals surface area contributed by atoms with Gasteiger partial charge in [0.1, 0.15) is 11.5 Å². The van der Waals surface area contributed by atoms with Crippen molar-refractivity contribution in [3.63, 3.8) is 0 Å². The smallest absolute Gasteiger partial charge is 0.323 e. The molecule has 0 unspecified atom stereocenters. The number of carbonyl (C=O) groups excluding carboxylic acids is 2. The number of hydrogen-bond donors (Lipinski definition) is 3. The summed E-state index contributed by atoms with van der Waals surface area (Å²) in [4.78, 5) is 24.8. The highest BCUT2D eigenvalue weighted by atomic mass is 35.5. The minimum absolute atomic E-state index is 0.118. The number of ether oxygens (including phenoxy) is 2. The summed E-state index contributed by atoms with van der Waals surface area (Å²) in [5.41, 5.74) is 5.65. The Morgan fingerprint density at radius 1 is 0.794 bits per heavy atom. The van der Waals surface area contributed by atoms with E-state index >= 15 is 0 Å². The molecule has 0 atom stereocenters. The zero-order valence-corrected chi connectivity index (χ0v) is 19.9. The van der Waals surface area contributed by atoms with Crippen LogP contribution in [0.4, 0.5) is 0 Å². The molecular formula is C24H19Cl2N3O4S. The van der Waals surface area contributed by atoms with Crippen LogP contribution in [-0.4, -0.2) is 23.2 Å². The topological polar surface area (TPSA) is 88.7 Å². The van der Waals surface area contributed by atoms with E-state index in [0.717, 1.165) is 5.56 Å². The van der Waals surface area contributed by atoms with Gasteiger partial charge in [0.15, 0.2) is 5.11 Å². The Morgan fingerprint density at radius 3 is 1.85 bits per heavy atom. The van der Waals surface area contributed by atoms with Crippen LogP contribution in [0.3, 0.4) is 0 Å². The lowest BCUT2D eigenvalue weighted by Gasteiger charge is -2.20. The Hall–Kier alpha value is -3.59. The van der Waals surface area contributed by atoms with Crippen LogP contribution in [-0.2, 0) is 9.59 Å². The Morgan fingerprint density at radius 2 is 1.32 bits per heavy atom. The molecule has 174 valence electrons. The van der Waals surface area contributed by atoms with Crippen molar-refractivity contribution in [1.29, 1.82) is 0 Å². The molecule has 0 aliphatic heterocycles. The fourth-order valence-electron chi connectivity index (χ4n) is 2.50. The predicted molar refractivity (Wildman–Crippen MR) is 135 cm³/mol. The van der Waals surface area contributed by atoms with Gasteiger partial charge in [0.25, 0.3) is 0 Å². The molecule has 3 rings (SSSR count). The van der Waals surface area contributed by atoms with E-state index < -0.39 is 18.1 Å². The van der Waals surface area contributed by atoms with E-state index in [1.807, 2.05) is 30.3 Å². The van der Waals surface area contributed by atoms with Crippen LogP contribution in [0, 0.1) is 0 Å². The summed E-state index contributed by atoms with van der Waals surface area (Å²) in [6.45, 7) is 0. The van der Waals surface area contributed by atoms with Gasteiger partial charge in [-0.3, -0.25) is 25.8 Å². The molecule has 10 heteroatoms. The number of nitrogens with one attached hydrogen (secondary N) is 3. The predicted octanol–water partition coefficient (Wildman–Crippen LogP) is 4.51. The van der Waals surface area contributed by atoms with Crippen molar-refractivity contribution in [2.45, 2.75) is 6.29 Å². The van der Waals surface area contributed by atoms with E-state index in [4.69, 9.17) is 44.9 Å². The summed E-state index contributed by atoms with van der Waals surface area (Å²) in [7, 11) is 0. The van der Waals surface area contributed by atoms with Gasteiger partial charge in [-0.15, -0.1) is 0 Å². The van der Waals surface area contributed by atoms with Gasteiger partial charge in [0.05, 0.1) is 0 Å². The third-order valence-corrected chi connectivity index (χ3v) is 4.80. The third kappa shape index (κ3) is 8.40. The van der Waals surface area contributed by atoms with Gasteiger partial charge < -0.3 is 9.47 Å². The first-order valence-electron chi connectivity index (χ1n) is 9.87. The van der Waals surface area contributed by atoms with E-state index in [9.17, 15) is 9.59 Å². The highest BCUT2D eigenvalue weighted by Gasteiger charge is 2.23. The summed E-state index contributed by atoms with van der Waals surface area (Å²) < 4.78 is 11.3. The molecule has 0 radical (unpaired) electrons. The summed E-state index contributed by atoms with van der Waals surface area (Å²) in [6.07, 6.45) is 1.56. The van der Waals surface area contributed by atoms with Gasteiger partial charge in [-0.1, -0.05) is 53.5 Å². The minimum Gasteiger partial charge on any atom is -0.446 e. The molecule has 0 aliphatic rings. The maximum Gasteiger partial charge on any atom is 0.323 e. The van der Waals surface area contributed by atoms with Crippen LogP contribution in [0.15, 0.2) is 84.9 Å². The zero-order chi connectivity index (χ0) is 24.3. The molecule has 3 aromatic rings. The first-order valence-corrected chi connectivity index (χ1v) is 11.0. The molecule has 3 N–H and O–H groups in total. The number of benzene rings is 3. The van der Waals surface area contributed by atoms with Crippen molar-refractivity contribution < 1.29 is 19.1 Å². The molecule has 0 aliphatic carbocycles. The van der Waals surface area contributed by atoms with Crippen LogP contribution in [0.1, 0.15) is 5.56 Å². The van der Waals surface area contributed by atoms with Crippen molar-refractivity contribution in [3.8, 4) is 11.5 Å². The highest BCUT2D eigenvalue weighted by Crippen LogP contribution is 2.20. The molecule has 7 nitrogen and oxygen atoms in total. The highest BCUT2D eigenvalue weighted by molar-refractivity contribution is 7.80. The minimum atomic E-state index is -1.40. The summed E-state index contributed by atoms with van der Waals surface area (Å²) in [5, 5.41) is 3.33. The Bertz CT molecular complexity index is 1110. The molecular weight excluding hydrogens is 497 g/mol. The Labute approximate surface area is 211 Å². The SMILES string of the molecule is O=C(C=Cc1ccccc1)NC(=S)NNC(=O)C(Oc1ccc(Cl)cc1)Oc1ccc(Cl)cc1. The van der Waals surface area contributed by atoms with Crippen molar-refractivity contribution in [1.82, 2.24) is 16.2 Å². The number of halogens is 2. The Kier molecular flexibility index (Phi) is 9.28. The number of amides is 2. The molecule has 34 heavy (non-hydrogen) atoms. The number of carbonyl (C=O) groups is 2. The van der Waals surface area contributed by atoms with Crippen LogP contribution in [0.25, 0.3) is 6.08 Å². The fourth-order valence-corrected chi connectivity index (χ4v) is 2.91. The van der Waals surface area contributed by atoms with Crippen molar-refractivity contribution >= 4 is 58.4 Å². The first kappa shape index (κ1) is 25.0. The van der Waals surface area contributed by atoms with Crippen LogP contribution in [0.2, 0.25) is 10.0 Å². The summed E-state index contributed by atoms with van der Waals surface area (Å²) >= 11 is 16.8. The molecule has 0 spiro atoms. The summed E-state index contributed by atoms with van der Waals surface area (Å²) in [5.74, 6) is -0.482. The average molecular weight is 516 g/mol. The molecule has 2 amide bonds. The molecule has 0 saturated carbocycles. The zero-order valence-electron chi connectivity index (χ0n) is 17.5. The third-order valence-electron chi connectivity index (χ3n) is 4.09. The van der Waals surface area contributed by atoms with E-state index in [2.05, 4.69) is 16.2 Å². The van der Waals surface area contributed by atoms with E-state index in [1.54, 1.807) is 54.6 Å². The van der Waals surface area contributed by atoms with Gasteiger partial charge in [-0.25, -0.2) is 0 Å². The number of hydrazine groups is 1. The second-order valence-electron chi connectivity index (χ2n) is 6.65. The molecule has 0 fully saturated rings. The average Bonchev–Trinajstić information content (AvgIpc) is 2.84. The second-order valence-corrected chi connectivity index (χ2v) is 7.93. The number of hydrogen-bond acceptors (Lipinski definition) is 5. The normalized spacial score (nSPS) is 10.6. The monoisotopic (exact) mass is 515 g/mol. The van der Waals surface area contributed by atoms with Crippen LogP contribution >= 0.6 is 35.4 Å². The lowest BCUT2D eigenvalue weighted by Crippen LogP contribution is -2.53. The summed E-state index contributed by atoms with van der Waals surface area (Å²) in [6, 6.07) is 22.1. The van der Waals surface area contributed by atoms with Crippen molar-refractivity contribution in [3.05, 3.63) is 101 Å². The van der Waals surface area contributed by atoms with E-state index in [0.29, 0.717) is 21.5 Å². The lowest BCUT2D eigenvalue weighted by atomic mass is 10.2. The molecule has 0 aromatic heterocycles. The first-order chi connectivity index (χ1) is 16.4. The number of thiocarbonyl (C=S) groups is 1. The molecule has 0 saturated heterocycles. The van der Waals surface area contributed by atoms with Crippen LogP contribution < -0.4 is 25.6 Å². The molecule has 3 aromatic carbocycles. The van der Waals surface area contributed by atoms with Gasteiger partial charge in [-0.2, -0.15) is 0 Å². The van der Waals surface area contributed by atoms with E-state index in [-0.39, 0.29) is 5.11 Å². The quantitative estimate of drug-likeness (QED) is 0.185. The number of rotatable bonds is 7. The maximum atomic E-state index is 12.7. The van der Waals surface area contributed by atoms with Gasteiger partial charge in [0, 0.05) is 16.1 Å². The van der Waals surface area contributed by atoms with Crippen molar-refractivity contribution in [2.75, 3.05) is 0 Å². The largest absolute Gasteiger partial charge is 0.446 e. The van der Waals surface area contributed by atoms with E-state index in [1.165, 1.54) is 6.08 Å². The molecule has 0 bridgehead atoms. The maximum absolute atomic E-state index is 12.7.